The lowest BCUT2D eigenvalue weighted by Crippen LogP contribution is -1.98. The summed E-state index contributed by atoms with van der Waals surface area (Å²) in [5.74, 6) is -1.79. The van der Waals surface area contributed by atoms with Crippen molar-refractivity contribution in [3.8, 4) is 0 Å². The molecule has 1 N–H and O–H groups in total. The van der Waals surface area contributed by atoms with E-state index in [1.807, 2.05) is 0 Å². The first-order valence-electron chi connectivity index (χ1n) is 5.03. The molecule has 18 heavy (non-hydrogen) atoms. The van der Waals surface area contributed by atoms with Crippen molar-refractivity contribution in [1.82, 2.24) is 0 Å². The van der Waals surface area contributed by atoms with E-state index in [0.717, 1.165) is 0 Å². The van der Waals surface area contributed by atoms with Gasteiger partial charge < -0.3 is 9.52 Å². The third-order valence-corrected chi connectivity index (χ3v) is 3.60. The second-order valence-electron chi connectivity index (χ2n) is 3.49. The number of aromatic carboxylic acids is 1. The van der Waals surface area contributed by atoms with Gasteiger partial charge in [-0.3, -0.25) is 4.21 Å². The van der Waals surface area contributed by atoms with Crippen LogP contribution in [0.4, 0.5) is 4.39 Å². The van der Waals surface area contributed by atoms with Crippen LogP contribution in [0.3, 0.4) is 0 Å². The van der Waals surface area contributed by atoms with Crippen molar-refractivity contribution in [2.75, 3.05) is 0 Å². The van der Waals surface area contributed by atoms with Crippen molar-refractivity contribution >= 4 is 16.8 Å². The zero-order valence-electron chi connectivity index (χ0n) is 9.13. The van der Waals surface area contributed by atoms with E-state index in [2.05, 4.69) is 0 Å². The summed E-state index contributed by atoms with van der Waals surface area (Å²) in [6.45, 7) is 0. The molecule has 1 unspecified atom stereocenters. The number of halogens is 1. The number of hydrogen-bond donors (Lipinski definition) is 1. The Morgan fingerprint density at radius 3 is 2.61 bits per heavy atom. The first kappa shape index (κ1) is 12.5. The topological polar surface area (TPSA) is 67.5 Å². The summed E-state index contributed by atoms with van der Waals surface area (Å²) in [4.78, 5) is 10.7. The number of hydrogen-bond acceptors (Lipinski definition) is 3. The number of carboxylic acids is 1. The molecule has 1 aromatic heterocycles. The minimum atomic E-state index is -1.61. The third-order valence-electron chi connectivity index (χ3n) is 2.23. The van der Waals surface area contributed by atoms with Gasteiger partial charge in [0, 0.05) is 0 Å². The Hall–Kier alpha value is -1.95. The largest absolute Gasteiger partial charge is 0.475 e. The number of carbonyl (C=O) groups is 1. The number of carboxylic acid groups (broad SMARTS) is 1. The zero-order valence-corrected chi connectivity index (χ0v) is 9.95. The van der Waals surface area contributed by atoms with E-state index in [0.29, 0.717) is 0 Å². The van der Waals surface area contributed by atoms with E-state index in [1.165, 1.54) is 30.3 Å². The molecule has 0 aliphatic rings. The van der Waals surface area contributed by atoms with Gasteiger partial charge in [-0.25, -0.2) is 9.18 Å². The highest BCUT2D eigenvalue weighted by Crippen LogP contribution is 2.17. The first-order valence-corrected chi connectivity index (χ1v) is 6.34. The molecular formula is C12H9FO4S. The fraction of sp³-hybridized carbons (Fsp3) is 0.0833. The van der Waals surface area contributed by atoms with Crippen LogP contribution in [0, 0.1) is 5.82 Å². The Morgan fingerprint density at radius 2 is 2.00 bits per heavy atom. The molecule has 1 heterocycles. The van der Waals surface area contributed by atoms with Crippen LogP contribution in [0.5, 0.6) is 0 Å². The SMILES string of the molecule is O=C(O)c1ccc(CS(=O)c2ccccc2F)o1. The minimum Gasteiger partial charge on any atom is -0.475 e. The molecule has 0 spiro atoms. The van der Waals surface area contributed by atoms with Gasteiger partial charge in [0.25, 0.3) is 0 Å². The van der Waals surface area contributed by atoms with Crippen LogP contribution in [-0.4, -0.2) is 15.3 Å². The summed E-state index contributed by atoms with van der Waals surface area (Å²) in [5.41, 5.74) is 0. The average molecular weight is 268 g/mol. The maximum Gasteiger partial charge on any atom is 0.371 e. The molecule has 0 bridgehead atoms. The Morgan fingerprint density at radius 1 is 1.28 bits per heavy atom. The van der Waals surface area contributed by atoms with Crippen molar-refractivity contribution in [2.24, 2.45) is 0 Å². The van der Waals surface area contributed by atoms with Gasteiger partial charge in [0.15, 0.2) is 0 Å². The highest BCUT2D eigenvalue weighted by molar-refractivity contribution is 7.84. The van der Waals surface area contributed by atoms with E-state index in [1.54, 1.807) is 6.07 Å². The van der Waals surface area contributed by atoms with Gasteiger partial charge in [0.05, 0.1) is 21.4 Å². The van der Waals surface area contributed by atoms with Gasteiger partial charge in [-0.05, 0) is 24.3 Å². The molecule has 0 radical (unpaired) electrons. The lowest BCUT2D eigenvalue weighted by Gasteiger charge is -2.01. The molecule has 0 amide bonds. The molecule has 2 aromatic rings. The first-order chi connectivity index (χ1) is 8.58. The van der Waals surface area contributed by atoms with Gasteiger partial charge in [-0.15, -0.1) is 0 Å². The quantitative estimate of drug-likeness (QED) is 0.924. The van der Waals surface area contributed by atoms with Crippen LogP contribution in [0.15, 0.2) is 45.7 Å². The molecule has 0 aliphatic heterocycles. The van der Waals surface area contributed by atoms with Crippen molar-refractivity contribution in [1.29, 1.82) is 0 Å². The smallest absolute Gasteiger partial charge is 0.371 e. The molecule has 2 rings (SSSR count). The lowest BCUT2D eigenvalue weighted by atomic mass is 10.3. The van der Waals surface area contributed by atoms with Crippen molar-refractivity contribution in [2.45, 2.75) is 10.6 Å². The molecule has 6 heteroatoms. The molecule has 0 fully saturated rings. The van der Waals surface area contributed by atoms with Crippen molar-refractivity contribution in [3.63, 3.8) is 0 Å². The van der Waals surface area contributed by atoms with Crippen molar-refractivity contribution in [3.05, 3.63) is 53.7 Å². The van der Waals surface area contributed by atoms with E-state index in [9.17, 15) is 13.4 Å². The summed E-state index contributed by atoms with van der Waals surface area (Å²) in [7, 11) is -1.61. The third kappa shape index (κ3) is 2.65. The standard InChI is InChI=1S/C12H9FO4S/c13-9-3-1-2-4-11(9)18(16)7-8-5-6-10(17-8)12(14)15/h1-6H,7H2,(H,14,15). The van der Waals surface area contributed by atoms with E-state index in [4.69, 9.17) is 9.52 Å². The van der Waals surface area contributed by atoms with E-state index >= 15 is 0 Å². The molecule has 1 atom stereocenters. The predicted molar refractivity (Wildman–Crippen MR) is 62.2 cm³/mol. The summed E-state index contributed by atoms with van der Waals surface area (Å²) < 4.78 is 30.2. The Labute approximate surface area is 105 Å². The van der Waals surface area contributed by atoms with Gasteiger partial charge in [-0.1, -0.05) is 12.1 Å². The summed E-state index contributed by atoms with van der Waals surface area (Å²) in [6, 6.07) is 8.43. The fourth-order valence-electron chi connectivity index (χ4n) is 1.41. The minimum absolute atomic E-state index is 0.0613. The molecular weight excluding hydrogens is 259 g/mol. The Bertz CT molecular complexity index is 606. The molecule has 0 aliphatic carbocycles. The van der Waals surface area contributed by atoms with Crippen LogP contribution >= 0.6 is 0 Å². The van der Waals surface area contributed by atoms with Gasteiger partial charge in [0.2, 0.25) is 5.76 Å². The Balaban J connectivity index is 2.16. The van der Waals surface area contributed by atoms with Crippen LogP contribution in [-0.2, 0) is 16.6 Å². The second kappa shape index (κ2) is 5.14. The van der Waals surface area contributed by atoms with E-state index in [-0.39, 0.29) is 22.2 Å². The number of rotatable bonds is 4. The fourth-order valence-corrected chi connectivity index (χ4v) is 2.49. The molecule has 0 saturated heterocycles. The van der Waals surface area contributed by atoms with Crippen LogP contribution in [0.25, 0.3) is 0 Å². The Kier molecular flexibility index (Phi) is 3.57. The summed E-state index contributed by atoms with van der Waals surface area (Å²) in [5, 5.41) is 8.66. The molecule has 94 valence electrons. The summed E-state index contributed by atoms with van der Waals surface area (Å²) >= 11 is 0. The highest BCUT2D eigenvalue weighted by atomic mass is 32.2. The monoisotopic (exact) mass is 268 g/mol. The van der Waals surface area contributed by atoms with Crippen LogP contribution in [0.2, 0.25) is 0 Å². The lowest BCUT2D eigenvalue weighted by molar-refractivity contribution is 0.0660. The van der Waals surface area contributed by atoms with E-state index < -0.39 is 22.6 Å². The molecule has 1 aromatic carbocycles. The zero-order chi connectivity index (χ0) is 13.1. The van der Waals surface area contributed by atoms with Crippen LogP contribution < -0.4 is 0 Å². The predicted octanol–water partition coefficient (Wildman–Crippen LogP) is 2.42. The normalized spacial score (nSPS) is 12.3. The average Bonchev–Trinajstić information content (AvgIpc) is 2.78. The van der Waals surface area contributed by atoms with Gasteiger partial charge in [0.1, 0.15) is 11.6 Å². The molecule has 0 saturated carbocycles. The summed E-state index contributed by atoms with van der Waals surface area (Å²) in [6.07, 6.45) is 0. The maximum absolute atomic E-state index is 13.4. The number of benzene rings is 1. The molecule has 4 nitrogen and oxygen atoms in total. The maximum atomic E-state index is 13.4. The van der Waals surface area contributed by atoms with Gasteiger partial charge >= 0.3 is 5.97 Å². The van der Waals surface area contributed by atoms with Crippen molar-refractivity contribution < 1.29 is 22.9 Å². The van der Waals surface area contributed by atoms with Gasteiger partial charge in [-0.2, -0.15) is 0 Å². The second-order valence-corrected chi connectivity index (χ2v) is 4.91. The highest BCUT2D eigenvalue weighted by Gasteiger charge is 2.14. The van der Waals surface area contributed by atoms with Crippen LogP contribution in [0.1, 0.15) is 16.3 Å². The number of furan rings is 1.